The van der Waals surface area contributed by atoms with E-state index in [1.165, 1.54) is 0 Å². The van der Waals surface area contributed by atoms with Crippen LogP contribution in [-0.4, -0.2) is 12.1 Å². The van der Waals surface area contributed by atoms with Crippen molar-refractivity contribution in [3.05, 3.63) is 34.7 Å². The van der Waals surface area contributed by atoms with Crippen LogP contribution >= 0.6 is 11.3 Å². The number of hydrogen-bond donors (Lipinski definition) is 1. The second-order valence-electron chi connectivity index (χ2n) is 4.17. The fourth-order valence-electron chi connectivity index (χ4n) is 1.89. The Morgan fingerprint density at radius 2 is 2.17 bits per heavy atom. The van der Waals surface area contributed by atoms with Crippen LogP contribution in [0.25, 0.3) is 11.3 Å². The van der Waals surface area contributed by atoms with Crippen LogP contribution in [0.15, 0.2) is 29.6 Å². The van der Waals surface area contributed by atoms with Crippen LogP contribution in [0.4, 0.5) is 5.69 Å². The monoisotopic (exact) mass is 262 g/mol. The molecule has 1 atom stereocenters. The molecule has 0 radical (unpaired) electrons. The zero-order valence-corrected chi connectivity index (χ0v) is 11.5. The van der Waals surface area contributed by atoms with Gasteiger partial charge in [0.05, 0.1) is 5.69 Å². The standard InChI is InChI=1S/C14H18N2OS/c1-3-6-13(17-2)14-16-12(9-18-14)10-7-4-5-8-11(10)15/h4-5,7-9,13H,3,6,15H2,1-2H3. The third-order valence-electron chi connectivity index (χ3n) is 2.87. The van der Waals surface area contributed by atoms with Crippen molar-refractivity contribution in [3.63, 3.8) is 0 Å². The Hall–Kier alpha value is -1.39. The summed E-state index contributed by atoms with van der Waals surface area (Å²) in [6, 6.07) is 7.80. The van der Waals surface area contributed by atoms with E-state index in [0.717, 1.165) is 34.8 Å². The van der Waals surface area contributed by atoms with Gasteiger partial charge >= 0.3 is 0 Å². The smallest absolute Gasteiger partial charge is 0.122 e. The third-order valence-corrected chi connectivity index (χ3v) is 3.81. The lowest BCUT2D eigenvalue weighted by Crippen LogP contribution is -2.00. The summed E-state index contributed by atoms with van der Waals surface area (Å²) in [5.41, 5.74) is 8.65. The lowest BCUT2D eigenvalue weighted by molar-refractivity contribution is 0.0948. The number of nitrogens with two attached hydrogens (primary N) is 1. The van der Waals surface area contributed by atoms with Crippen LogP contribution in [0, 0.1) is 0 Å². The van der Waals surface area contributed by atoms with E-state index >= 15 is 0 Å². The van der Waals surface area contributed by atoms with Gasteiger partial charge < -0.3 is 10.5 Å². The van der Waals surface area contributed by atoms with Crippen LogP contribution in [0.1, 0.15) is 30.9 Å². The van der Waals surface area contributed by atoms with Crippen molar-refractivity contribution in [2.45, 2.75) is 25.9 Å². The summed E-state index contributed by atoms with van der Waals surface area (Å²) in [6.45, 7) is 2.15. The van der Waals surface area contributed by atoms with Crippen LogP contribution in [0.5, 0.6) is 0 Å². The Morgan fingerprint density at radius 3 is 2.83 bits per heavy atom. The first-order valence-electron chi connectivity index (χ1n) is 6.09. The molecule has 1 aromatic carbocycles. The molecule has 1 unspecified atom stereocenters. The fraction of sp³-hybridized carbons (Fsp3) is 0.357. The van der Waals surface area contributed by atoms with Gasteiger partial charge in [0.25, 0.3) is 0 Å². The minimum Gasteiger partial charge on any atom is -0.398 e. The third kappa shape index (κ3) is 2.71. The van der Waals surface area contributed by atoms with E-state index in [0.29, 0.717) is 0 Å². The molecule has 0 aliphatic heterocycles. The van der Waals surface area contributed by atoms with Gasteiger partial charge in [-0.2, -0.15) is 0 Å². The Morgan fingerprint density at radius 1 is 1.39 bits per heavy atom. The van der Waals surface area contributed by atoms with E-state index in [2.05, 4.69) is 11.9 Å². The van der Waals surface area contributed by atoms with Gasteiger partial charge in [0.15, 0.2) is 0 Å². The number of aromatic nitrogens is 1. The molecule has 0 amide bonds. The Bertz CT molecular complexity index is 510. The number of rotatable bonds is 5. The van der Waals surface area contributed by atoms with E-state index in [-0.39, 0.29) is 6.10 Å². The van der Waals surface area contributed by atoms with Crippen molar-refractivity contribution < 1.29 is 4.74 Å². The molecule has 0 bridgehead atoms. The number of para-hydroxylation sites is 1. The molecule has 0 saturated carbocycles. The molecule has 0 aliphatic rings. The van der Waals surface area contributed by atoms with E-state index in [1.807, 2.05) is 29.6 Å². The van der Waals surface area contributed by atoms with Crippen molar-refractivity contribution in [1.82, 2.24) is 4.98 Å². The summed E-state index contributed by atoms with van der Waals surface area (Å²) in [5, 5.41) is 3.07. The lowest BCUT2D eigenvalue weighted by atomic mass is 10.1. The molecule has 0 spiro atoms. The van der Waals surface area contributed by atoms with Crippen molar-refractivity contribution in [2.24, 2.45) is 0 Å². The molecule has 0 aliphatic carbocycles. The van der Waals surface area contributed by atoms with E-state index in [9.17, 15) is 0 Å². The number of anilines is 1. The molecule has 96 valence electrons. The average molecular weight is 262 g/mol. The molecule has 1 aromatic heterocycles. The van der Waals surface area contributed by atoms with Gasteiger partial charge in [-0.25, -0.2) is 4.98 Å². The summed E-state index contributed by atoms with van der Waals surface area (Å²) in [6.07, 6.45) is 2.17. The van der Waals surface area contributed by atoms with Crippen molar-refractivity contribution in [3.8, 4) is 11.3 Å². The number of methoxy groups -OCH3 is 1. The lowest BCUT2D eigenvalue weighted by Gasteiger charge is -2.10. The SMILES string of the molecule is CCCC(OC)c1nc(-c2ccccc2N)cs1. The van der Waals surface area contributed by atoms with Crippen molar-refractivity contribution >= 4 is 17.0 Å². The second kappa shape index (κ2) is 5.98. The number of benzene rings is 1. The van der Waals surface area contributed by atoms with Gasteiger partial charge in [0.1, 0.15) is 11.1 Å². The quantitative estimate of drug-likeness (QED) is 0.832. The van der Waals surface area contributed by atoms with Gasteiger partial charge in [0, 0.05) is 23.7 Å². The van der Waals surface area contributed by atoms with E-state index in [4.69, 9.17) is 10.5 Å². The molecule has 0 fully saturated rings. The number of thiazole rings is 1. The fourth-order valence-corrected chi connectivity index (χ4v) is 2.82. The minimum atomic E-state index is 0.0960. The average Bonchev–Trinajstić information content (AvgIpc) is 2.85. The molecular formula is C14H18N2OS. The molecule has 1 heterocycles. The maximum Gasteiger partial charge on any atom is 0.122 e. The summed E-state index contributed by atoms with van der Waals surface area (Å²) in [4.78, 5) is 4.64. The number of ether oxygens (including phenoxy) is 1. The first kappa shape index (κ1) is 13.1. The van der Waals surface area contributed by atoms with Gasteiger partial charge in [-0.15, -0.1) is 11.3 Å². The summed E-state index contributed by atoms with van der Waals surface area (Å²) in [7, 11) is 1.73. The number of nitrogens with zero attached hydrogens (tertiary/aromatic N) is 1. The summed E-state index contributed by atoms with van der Waals surface area (Å²) < 4.78 is 5.47. The van der Waals surface area contributed by atoms with Gasteiger partial charge in [-0.05, 0) is 12.5 Å². The Balaban J connectivity index is 2.28. The van der Waals surface area contributed by atoms with Crippen LogP contribution in [0.3, 0.4) is 0 Å². The highest BCUT2D eigenvalue weighted by molar-refractivity contribution is 7.10. The summed E-state index contributed by atoms with van der Waals surface area (Å²) >= 11 is 1.63. The maximum absolute atomic E-state index is 5.96. The molecule has 2 rings (SSSR count). The zero-order valence-electron chi connectivity index (χ0n) is 10.7. The minimum absolute atomic E-state index is 0.0960. The maximum atomic E-state index is 5.96. The molecule has 0 saturated heterocycles. The van der Waals surface area contributed by atoms with Crippen LogP contribution in [-0.2, 0) is 4.74 Å². The molecule has 2 aromatic rings. The van der Waals surface area contributed by atoms with Gasteiger partial charge in [-0.1, -0.05) is 31.5 Å². The van der Waals surface area contributed by atoms with E-state index < -0.39 is 0 Å². The van der Waals surface area contributed by atoms with Crippen LogP contribution in [0.2, 0.25) is 0 Å². The largest absolute Gasteiger partial charge is 0.398 e. The Kier molecular flexibility index (Phi) is 4.33. The van der Waals surface area contributed by atoms with Gasteiger partial charge in [-0.3, -0.25) is 0 Å². The Labute approximate surface area is 112 Å². The first-order chi connectivity index (χ1) is 8.76. The highest BCUT2D eigenvalue weighted by Crippen LogP contribution is 2.31. The van der Waals surface area contributed by atoms with Crippen molar-refractivity contribution in [1.29, 1.82) is 0 Å². The molecule has 2 N–H and O–H groups in total. The first-order valence-corrected chi connectivity index (χ1v) is 6.97. The summed E-state index contributed by atoms with van der Waals surface area (Å²) in [5.74, 6) is 0. The highest BCUT2D eigenvalue weighted by Gasteiger charge is 2.15. The second-order valence-corrected chi connectivity index (χ2v) is 5.06. The number of nitrogen functional groups attached to an aromatic ring is 1. The highest BCUT2D eigenvalue weighted by atomic mass is 32.1. The van der Waals surface area contributed by atoms with E-state index in [1.54, 1.807) is 18.4 Å². The number of hydrogen-bond acceptors (Lipinski definition) is 4. The topological polar surface area (TPSA) is 48.1 Å². The van der Waals surface area contributed by atoms with Crippen LogP contribution < -0.4 is 5.73 Å². The normalized spacial score (nSPS) is 12.6. The van der Waals surface area contributed by atoms with Gasteiger partial charge in [0.2, 0.25) is 0 Å². The predicted molar refractivity (Wildman–Crippen MR) is 76.6 cm³/mol. The zero-order chi connectivity index (χ0) is 13.0. The molecule has 18 heavy (non-hydrogen) atoms. The molecule has 3 nitrogen and oxygen atoms in total. The predicted octanol–water partition coefficient (Wildman–Crippen LogP) is 3.88. The van der Waals surface area contributed by atoms with Crippen molar-refractivity contribution in [2.75, 3.05) is 12.8 Å². The molecule has 4 heteroatoms. The molecular weight excluding hydrogens is 244 g/mol.